The van der Waals surface area contributed by atoms with Gasteiger partial charge in [0.25, 0.3) is 5.91 Å². The van der Waals surface area contributed by atoms with Gasteiger partial charge in [-0.1, -0.05) is 5.16 Å². The molecule has 36 heavy (non-hydrogen) atoms. The van der Waals surface area contributed by atoms with Crippen LogP contribution in [0.4, 0.5) is 24.8 Å². The molecule has 4 aromatic heterocycles. The third kappa shape index (κ3) is 5.16. The number of amides is 1. The highest BCUT2D eigenvalue weighted by molar-refractivity contribution is 7.15. The van der Waals surface area contributed by atoms with Crippen molar-refractivity contribution in [3.63, 3.8) is 0 Å². The van der Waals surface area contributed by atoms with Crippen LogP contribution in [0.2, 0.25) is 0 Å². The van der Waals surface area contributed by atoms with Crippen molar-refractivity contribution >= 4 is 28.9 Å². The van der Waals surface area contributed by atoms with Gasteiger partial charge >= 0.3 is 12.1 Å². The second kappa shape index (κ2) is 9.94. The molecular weight excluding hydrogens is 501 g/mol. The van der Waals surface area contributed by atoms with Gasteiger partial charge in [-0.15, -0.1) is 21.5 Å². The number of carbonyl (C=O) groups is 1. The Morgan fingerprint density at radius 2 is 2.03 bits per heavy atom. The molecule has 1 aliphatic rings. The minimum Gasteiger partial charge on any atom is -0.361 e. The molecule has 15 heteroatoms. The molecule has 11 nitrogen and oxygen atoms in total. The predicted octanol–water partition coefficient (Wildman–Crippen LogP) is 3.56. The third-order valence-corrected chi connectivity index (χ3v) is 6.15. The van der Waals surface area contributed by atoms with E-state index >= 15 is 0 Å². The van der Waals surface area contributed by atoms with E-state index in [1.165, 1.54) is 29.9 Å². The van der Waals surface area contributed by atoms with E-state index in [1.54, 1.807) is 34.1 Å². The van der Waals surface area contributed by atoms with E-state index in [0.29, 0.717) is 29.7 Å². The van der Waals surface area contributed by atoms with Crippen molar-refractivity contribution in [2.75, 3.05) is 24.8 Å². The molecule has 1 fully saturated rings. The van der Waals surface area contributed by atoms with Gasteiger partial charge < -0.3 is 19.1 Å². The number of carbonyl (C=O) groups excluding carboxylic acids is 1. The van der Waals surface area contributed by atoms with Crippen molar-refractivity contribution in [1.82, 2.24) is 35.2 Å². The second-order valence-corrected chi connectivity index (χ2v) is 8.74. The van der Waals surface area contributed by atoms with Crippen LogP contribution in [0.1, 0.15) is 27.7 Å². The van der Waals surface area contributed by atoms with Crippen molar-refractivity contribution < 1.29 is 27.2 Å². The first-order chi connectivity index (χ1) is 17.4. The van der Waals surface area contributed by atoms with Gasteiger partial charge in [-0.25, -0.2) is 4.98 Å². The quantitative estimate of drug-likeness (QED) is 0.374. The van der Waals surface area contributed by atoms with Gasteiger partial charge in [0.1, 0.15) is 6.73 Å². The van der Waals surface area contributed by atoms with Crippen LogP contribution in [0.5, 0.6) is 0 Å². The Morgan fingerprint density at radius 3 is 2.69 bits per heavy atom. The van der Waals surface area contributed by atoms with Crippen LogP contribution in [0.15, 0.2) is 47.4 Å². The van der Waals surface area contributed by atoms with Gasteiger partial charge in [0, 0.05) is 23.8 Å². The van der Waals surface area contributed by atoms with Crippen molar-refractivity contribution in [2.24, 2.45) is 0 Å². The first-order valence-corrected chi connectivity index (χ1v) is 11.4. The summed E-state index contributed by atoms with van der Waals surface area (Å²) in [4.78, 5) is 28.9. The average molecular weight is 518 g/mol. The van der Waals surface area contributed by atoms with Gasteiger partial charge in [0.15, 0.2) is 17.3 Å². The van der Waals surface area contributed by atoms with Crippen molar-refractivity contribution in [1.29, 1.82) is 0 Å². The van der Waals surface area contributed by atoms with E-state index in [2.05, 4.69) is 34.8 Å². The zero-order valence-corrected chi connectivity index (χ0v) is 19.2. The summed E-state index contributed by atoms with van der Waals surface area (Å²) >= 11 is 1.19. The molecule has 1 aliphatic heterocycles. The first-order valence-electron chi connectivity index (χ1n) is 10.6. The second-order valence-electron chi connectivity index (χ2n) is 7.57. The lowest BCUT2D eigenvalue weighted by atomic mass is 10.3. The molecule has 0 spiro atoms. The molecule has 0 aromatic carbocycles. The summed E-state index contributed by atoms with van der Waals surface area (Å²) in [6.45, 7) is 1.65. The lowest BCUT2D eigenvalue weighted by Gasteiger charge is -2.26. The Labute approximate surface area is 205 Å². The fourth-order valence-corrected chi connectivity index (χ4v) is 4.31. The average Bonchev–Trinajstić information content (AvgIpc) is 3.58. The van der Waals surface area contributed by atoms with E-state index in [4.69, 9.17) is 4.74 Å². The Bertz CT molecular complexity index is 1320. The van der Waals surface area contributed by atoms with Crippen LogP contribution in [0.3, 0.4) is 0 Å². The molecule has 0 N–H and O–H groups in total. The van der Waals surface area contributed by atoms with Crippen molar-refractivity contribution in [3.8, 4) is 10.7 Å². The van der Waals surface area contributed by atoms with Crippen LogP contribution in [0.25, 0.3) is 10.7 Å². The van der Waals surface area contributed by atoms with Crippen LogP contribution < -0.4 is 4.90 Å². The molecule has 186 valence electrons. The summed E-state index contributed by atoms with van der Waals surface area (Å²) in [5, 5.41) is 11.7. The van der Waals surface area contributed by atoms with Gasteiger partial charge in [-0.05, 0) is 30.7 Å². The number of ether oxygens (including phenoxy) is 1. The Hall–Kier alpha value is -3.98. The molecule has 0 aliphatic carbocycles. The summed E-state index contributed by atoms with van der Waals surface area (Å²) in [5.74, 6) is -0.982. The van der Waals surface area contributed by atoms with Crippen LogP contribution in [0, 0.1) is 0 Å². The highest BCUT2D eigenvalue weighted by Crippen LogP contribution is 2.33. The molecule has 5 heterocycles. The summed E-state index contributed by atoms with van der Waals surface area (Å²) < 4.78 is 48.0. The number of anilines is 2. The van der Waals surface area contributed by atoms with E-state index in [-0.39, 0.29) is 30.7 Å². The fraction of sp³-hybridized carbons (Fsp3) is 0.286. The van der Waals surface area contributed by atoms with E-state index in [0.717, 1.165) is 11.3 Å². The number of nitrogens with zero attached hydrogens (tertiary/aromatic N) is 8. The normalized spacial score (nSPS) is 14.1. The molecule has 5 rings (SSSR count). The molecule has 0 atom stereocenters. The van der Waals surface area contributed by atoms with Crippen LogP contribution in [-0.2, 0) is 17.5 Å². The molecular formula is C21H17F3N8O3S. The largest absolute Gasteiger partial charge is 0.471 e. The highest BCUT2D eigenvalue weighted by atomic mass is 32.1. The van der Waals surface area contributed by atoms with E-state index in [1.807, 2.05) is 0 Å². The number of hydrogen-bond donors (Lipinski definition) is 0. The molecule has 0 radical (unpaired) electrons. The number of thiophene rings is 1. The van der Waals surface area contributed by atoms with Gasteiger partial charge in [0.05, 0.1) is 24.2 Å². The molecule has 4 aromatic rings. The van der Waals surface area contributed by atoms with Crippen molar-refractivity contribution in [2.45, 2.75) is 19.1 Å². The van der Waals surface area contributed by atoms with Crippen LogP contribution >= 0.6 is 11.3 Å². The topological polar surface area (TPSA) is 123 Å². The maximum atomic E-state index is 12.8. The SMILES string of the molecule is O=C(c1ccc(N(Cc2ccc(-c3noc(C(F)(F)F)n3)s2)c2cnccn2)nn1)N1CCCOC1. The molecule has 0 saturated carbocycles. The number of alkyl halides is 3. The smallest absolute Gasteiger partial charge is 0.361 e. The zero-order chi connectivity index (χ0) is 25.1. The molecule has 0 bridgehead atoms. The predicted molar refractivity (Wildman–Crippen MR) is 119 cm³/mol. The molecule has 1 amide bonds. The lowest BCUT2D eigenvalue weighted by molar-refractivity contribution is -0.159. The number of hydrogen-bond acceptors (Lipinski definition) is 11. The summed E-state index contributed by atoms with van der Waals surface area (Å²) in [7, 11) is 0. The van der Waals surface area contributed by atoms with Crippen LogP contribution in [-0.4, -0.2) is 61.0 Å². The summed E-state index contributed by atoms with van der Waals surface area (Å²) in [5.41, 5.74) is 0.180. The van der Waals surface area contributed by atoms with Gasteiger partial charge in [-0.3, -0.25) is 9.78 Å². The lowest BCUT2D eigenvalue weighted by Crippen LogP contribution is -2.38. The number of halogens is 3. The van der Waals surface area contributed by atoms with Crippen molar-refractivity contribution in [3.05, 3.63) is 59.3 Å². The number of aromatic nitrogens is 6. The summed E-state index contributed by atoms with van der Waals surface area (Å²) in [6.07, 6.45) is 0.605. The minimum absolute atomic E-state index is 0.158. The highest BCUT2D eigenvalue weighted by Gasteiger charge is 2.38. The van der Waals surface area contributed by atoms with Gasteiger partial charge in [0.2, 0.25) is 5.82 Å². The maximum absolute atomic E-state index is 12.8. The Morgan fingerprint density at radius 1 is 1.14 bits per heavy atom. The zero-order valence-electron chi connectivity index (χ0n) is 18.4. The first kappa shape index (κ1) is 23.7. The van der Waals surface area contributed by atoms with E-state index < -0.39 is 12.1 Å². The monoisotopic (exact) mass is 518 g/mol. The maximum Gasteiger partial charge on any atom is 0.471 e. The third-order valence-electron chi connectivity index (χ3n) is 5.09. The van der Waals surface area contributed by atoms with Gasteiger partial charge in [-0.2, -0.15) is 18.2 Å². The molecule has 1 saturated heterocycles. The summed E-state index contributed by atoms with van der Waals surface area (Å²) in [6, 6.07) is 6.55. The standard InChI is InChI=1S/C21H17F3N8O3S/c22-21(23,24)20-27-18(30-35-20)15-4-2-13(36-15)11-32(17-10-25-6-7-26-17)16-5-3-14(28-29-16)19(33)31-8-1-9-34-12-31/h2-7,10H,1,8-9,11-12H2. The fourth-order valence-electron chi connectivity index (χ4n) is 3.39. The van der Waals surface area contributed by atoms with E-state index in [9.17, 15) is 18.0 Å². The Balaban J connectivity index is 1.38. The Kier molecular flexibility index (Phi) is 6.56. The minimum atomic E-state index is -4.72. The molecule has 0 unspecified atom stereocenters. The number of rotatable bonds is 6.